The van der Waals surface area contributed by atoms with E-state index in [1.165, 1.54) is 0 Å². The number of ether oxygens (including phenoxy) is 1. The quantitative estimate of drug-likeness (QED) is 0.750. The van der Waals surface area contributed by atoms with Crippen LogP contribution in [0.25, 0.3) is 0 Å². The van der Waals surface area contributed by atoms with Gasteiger partial charge in [0.05, 0.1) is 5.41 Å². The van der Waals surface area contributed by atoms with Gasteiger partial charge in [-0.25, -0.2) is 0 Å². The number of rotatable bonds is 2. The molecule has 0 radical (unpaired) electrons. The van der Waals surface area contributed by atoms with Crippen LogP contribution in [-0.4, -0.2) is 11.6 Å². The van der Waals surface area contributed by atoms with E-state index in [0.29, 0.717) is 5.02 Å². The van der Waals surface area contributed by atoms with Gasteiger partial charge < -0.3 is 4.74 Å². The molecule has 1 saturated carbocycles. The van der Waals surface area contributed by atoms with Crippen molar-refractivity contribution in [1.29, 1.82) is 0 Å². The van der Waals surface area contributed by atoms with Gasteiger partial charge in [0.25, 0.3) is 0 Å². The maximum atomic E-state index is 12.2. The Labute approximate surface area is 107 Å². The minimum absolute atomic E-state index is 0.118. The number of hydrogen-bond donors (Lipinski definition) is 0. The number of esters is 1. The normalized spacial score (nSPS) is 17.6. The van der Waals surface area contributed by atoms with E-state index >= 15 is 0 Å². The van der Waals surface area contributed by atoms with Crippen molar-refractivity contribution < 1.29 is 9.53 Å². The van der Waals surface area contributed by atoms with E-state index in [1.807, 2.05) is 45.0 Å². The molecule has 0 atom stereocenters. The van der Waals surface area contributed by atoms with E-state index in [0.717, 1.165) is 18.4 Å². The van der Waals surface area contributed by atoms with Crippen molar-refractivity contribution in [1.82, 2.24) is 0 Å². The van der Waals surface area contributed by atoms with Crippen LogP contribution in [-0.2, 0) is 14.9 Å². The number of carbonyl (C=O) groups excluding carboxylic acids is 1. The Morgan fingerprint density at radius 3 is 2.18 bits per heavy atom. The number of carbonyl (C=O) groups is 1. The van der Waals surface area contributed by atoms with E-state index in [-0.39, 0.29) is 5.97 Å². The predicted octanol–water partition coefficient (Wildman–Crippen LogP) is 3.71. The fourth-order valence-electron chi connectivity index (χ4n) is 1.88. The summed E-state index contributed by atoms with van der Waals surface area (Å²) in [7, 11) is 0. The van der Waals surface area contributed by atoms with Crippen LogP contribution < -0.4 is 0 Å². The number of hydrogen-bond acceptors (Lipinski definition) is 2. The van der Waals surface area contributed by atoms with Crippen LogP contribution in [0.4, 0.5) is 0 Å². The van der Waals surface area contributed by atoms with Crippen molar-refractivity contribution in [3.05, 3.63) is 34.9 Å². The van der Waals surface area contributed by atoms with Crippen molar-refractivity contribution in [2.75, 3.05) is 0 Å². The molecular formula is C14H17ClO2. The Bertz CT molecular complexity index is 425. The summed E-state index contributed by atoms with van der Waals surface area (Å²) in [5.74, 6) is -0.118. The van der Waals surface area contributed by atoms with Crippen molar-refractivity contribution in [2.24, 2.45) is 0 Å². The molecule has 1 aliphatic carbocycles. The molecule has 1 aliphatic rings. The Morgan fingerprint density at radius 2 is 1.76 bits per heavy atom. The zero-order valence-electron chi connectivity index (χ0n) is 10.4. The molecule has 0 N–H and O–H groups in total. The number of halogens is 1. The van der Waals surface area contributed by atoms with E-state index < -0.39 is 11.0 Å². The van der Waals surface area contributed by atoms with Gasteiger partial charge in [0.2, 0.25) is 0 Å². The van der Waals surface area contributed by atoms with Crippen LogP contribution in [0.5, 0.6) is 0 Å². The molecule has 0 amide bonds. The first-order valence-electron chi connectivity index (χ1n) is 5.83. The maximum Gasteiger partial charge on any atom is 0.317 e. The molecule has 0 unspecified atom stereocenters. The van der Waals surface area contributed by atoms with Crippen LogP contribution >= 0.6 is 11.6 Å². The Balaban J connectivity index is 2.20. The molecule has 0 aliphatic heterocycles. The molecule has 2 nitrogen and oxygen atoms in total. The van der Waals surface area contributed by atoms with Crippen molar-refractivity contribution in [2.45, 2.75) is 44.6 Å². The largest absolute Gasteiger partial charge is 0.459 e. The van der Waals surface area contributed by atoms with E-state index in [4.69, 9.17) is 16.3 Å². The summed E-state index contributed by atoms with van der Waals surface area (Å²) < 4.78 is 5.48. The molecule has 2 rings (SSSR count). The molecule has 0 saturated heterocycles. The molecule has 0 heterocycles. The maximum absolute atomic E-state index is 12.2. The Hall–Kier alpha value is -1.02. The molecular weight excluding hydrogens is 236 g/mol. The van der Waals surface area contributed by atoms with Gasteiger partial charge in [-0.05, 0) is 51.3 Å². The van der Waals surface area contributed by atoms with Gasteiger partial charge >= 0.3 is 5.97 Å². The highest BCUT2D eigenvalue weighted by atomic mass is 35.5. The second-order valence-corrected chi connectivity index (χ2v) is 6.03. The summed E-state index contributed by atoms with van der Waals surface area (Å²) in [5, 5.41) is 0.689. The lowest BCUT2D eigenvalue weighted by Crippen LogP contribution is -2.31. The van der Waals surface area contributed by atoms with Crippen LogP contribution in [0, 0.1) is 0 Å². The number of benzene rings is 1. The molecule has 92 valence electrons. The lowest BCUT2D eigenvalue weighted by atomic mass is 9.96. The molecule has 3 heteroatoms. The van der Waals surface area contributed by atoms with Crippen LogP contribution in [0.3, 0.4) is 0 Å². The van der Waals surface area contributed by atoms with Gasteiger partial charge in [-0.1, -0.05) is 23.7 Å². The summed E-state index contributed by atoms with van der Waals surface area (Å²) >= 11 is 5.85. The monoisotopic (exact) mass is 252 g/mol. The SMILES string of the molecule is CC(C)(C)OC(=O)C1(c2ccc(Cl)cc2)CC1. The summed E-state index contributed by atoms with van der Waals surface area (Å²) in [4.78, 5) is 12.2. The minimum atomic E-state index is -0.431. The molecule has 1 fully saturated rings. The minimum Gasteiger partial charge on any atom is -0.459 e. The van der Waals surface area contributed by atoms with Gasteiger partial charge in [-0.15, -0.1) is 0 Å². The smallest absolute Gasteiger partial charge is 0.317 e. The van der Waals surface area contributed by atoms with Crippen molar-refractivity contribution in [3.8, 4) is 0 Å². The lowest BCUT2D eigenvalue weighted by molar-refractivity contribution is -0.158. The Morgan fingerprint density at radius 1 is 1.24 bits per heavy atom. The van der Waals surface area contributed by atoms with Gasteiger partial charge in [-0.2, -0.15) is 0 Å². The van der Waals surface area contributed by atoms with Gasteiger partial charge in [0.15, 0.2) is 0 Å². The first-order valence-corrected chi connectivity index (χ1v) is 6.21. The zero-order valence-corrected chi connectivity index (χ0v) is 11.2. The lowest BCUT2D eigenvalue weighted by Gasteiger charge is -2.24. The highest BCUT2D eigenvalue weighted by Gasteiger charge is 2.53. The molecule has 0 bridgehead atoms. The summed E-state index contributed by atoms with van der Waals surface area (Å²) in [5.41, 5.74) is 0.160. The topological polar surface area (TPSA) is 26.3 Å². The summed E-state index contributed by atoms with van der Waals surface area (Å²) in [6.45, 7) is 5.68. The average molecular weight is 253 g/mol. The second-order valence-electron chi connectivity index (χ2n) is 5.59. The third kappa shape index (κ3) is 2.63. The summed E-state index contributed by atoms with van der Waals surface area (Å²) in [6, 6.07) is 7.47. The fourth-order valence-corrected chi connectivity index (χ4v) is 2.01. The van der Waals surface area contributed by atoms with Crippen molar-refractivity contribution in [3.63, 3.8) is 0 Å². The van der Waals surface area contributed by atoms with Gasteiger partial charge in [-0.3, -0.25) is 4.79 Å². The third-order valence-corrected chi connectivity index (χ3v) is 3.19. The van der Waals surface area contributed by atoms with E-state index in [2.05, 4.69) is 0 Å². The van der Waals surface area contributed by atoms with Crippen LogP contribution in [0.1, 0.15) is 39.2 Å². The highest BCUT2D eigenvalue weighted by Crippen LogP contribution is 2.49. The highest BCUT2D eigenvalue weighted by molar-refractivity contribution is 6.30. The first-order chi connectivity index (χ1) is 7.83. The molecule has 1 aromatic carbocycles. The fraction of sp³-hybridized carbons (Fsp3) is 0.500. The van der Waals surface area contributed by atoms with E-state index in [1.54, 1.807) is 0 Å². The second kappa shape index (κ2) is 4.02. The van der Waals surface area contributed by atoms with Crippen LogP contribution in [0.2, 0.25) is 5.02 Å². The van der Waals surface area contributed by atoms with Crippen LogP contribution in [0.15, 0.2) is 24.3 Å². The zero-order chi connectivity index (χ0) is 12.7. The standard InChI is InChI=1S/C14H17ClO2/c1-13(2,3)17-12(16)14(8-9-14)10-4-6-11(15)7-5-10/h4-7H,8-9H2,1-3H3. The van der Waals surface area contributed by atoms with Gasteiger partial charge in [0.1, 0.15) is 5.60 Å². The van der Waals surface area contributed by atoms with E-state index in [9.17, 15) is 4.79 Å². The van der Waals surface area contributed by atoms with Crippen molar-refractivity contribution >= 4 is 17.6 Å². The Kier molecular flexibility index (Phi) is 2.94. The average Bonchev–Trinajstić information content (AvgIpc) is 2.97. The summed E-state index contributed by atoms with van der Waals surface area (Å²) in [6.07, 6.45) is 1.73. The molecule has 0 aromatic heterocycles. The molecule has 17 heavy (non-hydrogen) atoms. The predicted molar refractivity (Wildman–Crippen MR) is 68.2 cm³/mol. The molecule has 0 spiro atoms. The van der Waals surface area contributed by atoms with Gasteiger partial charge in [0, 0.05) is 5.02 Å². The third-order valence-electron chi connectivity index (χ3n) is 2.94. The molecule has 1 aromatic rings. The first kappa shape index (κ1) is 12.4.